The van der Waals surface area contributed by atoms with Gasteiger partial charge in [0.25, 0.3) is 0 Å². The van der Waals surface area contributed by atoms with Crippen LogP contribution in [0.5, 0.6) is 0 Å². The molecule has 1 aromatic carbocycles. The summed E-state index contributed by atoms with van der Waals surface area (Å²) in [5.41, 5.74) is 8.43. The number of piperidine rings is 1. The van der Waals surface area contributed by atoms with Gasteiger partial charge >= 0.3 is 0 Å². The van der Waals surface area contributed by atoms with Crippen LogP contribution < -0.4 is 5.73 Å². The molecule has 0 bridgehead atoms. The molecule has 2 atom stereocenters. The number of likely N-dealkylation sites (tertiary alicyclic amines) is 1. The fourth-order valence-electron chi connectivity index (χ4n) is 2.84. The number of carbonyl (C=O) groups excluding carboxylic acids is 1. The van der Waals surface area contributed by atoms with E-state index in [1.807, 2.05) is 4.90 Å². The van der Waals surface area contributed by atoms with Gasteiger partial charge in [0.05, 0.1) is 0 Å². The highest BCUT2D eigenvalue weighted by Crippen LogP contribution is 2.17. The zero-order chi connectivity index (χ0) is 13.8. The summed E-state index contributed by atoms with van der Waals surface area (Å²) in [4.78, 5) is 14.3. The number of nitrogens with two attached hydrogens (primary N) is 1. The Morgan fingerprint density at radius 1 is 1.47 bits per heavy atom. The lowest BCUT2D eigenvalue weighted by molar-refractivity contribution is -0.134. The quantitative estimate of drug-likeness (QED) is 0.906. The van der Waals surface area contributed by atoms with Gasteiger partial charge in [0.15, 0.2) is 0 Å². The molecular weight excluding hydrogens is 236 g/mol. The van der Waals surface area contributed by atoms with Crippen molar-refractivity contribution in [3.63, 3.8) is 0 Å². The zero-order valence-corrected chi connectivity index (χ0v) is 11.9. The second-order valence-corrected chi connectivity index (χ2v) is 5.71. The molecule has 1 aliphatic rings. The van der Waals surface area contributed by atoms with E-state index in [1.54, 1.807) is 0 Å². The molecule has 0 aliphatic carbocycles. The number of hydrogen-bond donors (Lipinski definition) is 1. The largest absolute Gasteiger partial charge is 0.340 e. The molecule has 2 rings (SSSR count). The molecule has 2 N–H and O–H groups in total. The Morgan fingerprint density at radius 3 is 2.95 bits per heavy atom. The van der Waals surface area contributed by atoms with Crippen molar-refractivity contribution in [1.29, 1.82) is 0 Å². The van der Waals surface area contributed by atoms with E-state index in [4.69, 9.17) is 5.73 Å². The van der Waals surface area contributed by atoms with E-state index in [2.05, 4.69) is 38.1 Å². The Balaban J connectivity index is 1.87. The van der Waals surface area contributed by atoms with Gasteiger partial charge in [-0.15, -0.1) is 0 Å². The van der Waals surface area contributed by atoms with Gasteiger partial charge in [-0.1, -0.05) is 29.8 Å². The van der Waals surface area contributed by atoms with Crippen molar-refractivity contribution in [3.8, 4) is 0 Å². The molecule has 1 saturated heterocycles. The normalized spacial score (nSPS) is 23.4. The fourth-order valence-corrected chi connectivity index (χ4v) is 2.84. The second kappa shape index (κ2) is 6.20. The molecule has 19 heavy (non-hydrogen) atoms. The summed E-state index contributed by atoms with van der Waals surface area (Å²) in [5.74, 6) is 0.265. The average Bonchev–Trinajstić information content (AvgIpc) is 2.36. The first-order valence-electron chi connectivity index (χ1n) is 7.17. The molecule has 0 aromatic heterocycles. The summed E-state index contributed by atoms with van der Waals surface area (Å²) in [6, 6.07) is 8.93. The topological polar surface area (TPSA) is 46.3 Å². The summed E-state index contributed by atoms with van der Waals surface area (Å²) in [5, 5.41) is 0. The first kappa shape index (κ1) is 14.1. The predicted molar refractivity (Wildman–Crippen MR) is 77.9 cm³/mol. The number of rotatable bonds is 3. The molecule has 3 nitrogen and oxygen atoms in total. The highest BCUT2D eigenvalue weighted by atomic mass is 16.2. The van der Waals surface area contributed by atoms with E-state index >= 15 is 0 Å². The average molecular weight is 260 g/mol. The Labute approximate surface area is 115 Å². The van der Waals surface area contributed by atoms with E-state index in [9.17, 15) is 4.79 Å². The molecule has 0 spiro atoms. The molecule has 0 saturated carbocycles. The van der Waals surface area contributed by atoms with E-state index in [0.29, 0.717) is 6.42 Å². The maximum absolute atomic E-state index is 12.3. The van der Waals surface area contributed by atoms with Crippen molar-refractivity contribution in [3.05, 3.63) is 35.4 Å². The van der Waals surface area contributed by atoms with Crippen molar-refractivity contribution in [2.75, 3.05) is 6.54 Å². The summed E-state index contributed by atoms with van der Waals surface area (Å²) in [6.45, 7) is 5.00. The molecule has 1 heterocycles. The summed E-state index contributed by atoms with van der Waals surface area (Å²) in [6.07, 6.45) is 3.29. The van der Waals surface area contributed by atoms with Crippen LogP contribution in [-0.2, 0) is 11.2 Å². The third-order valence-corrected chi connectivity index (χ3v) is 3.95. The maximum Gasteiger partial charge on any atom is 0.223 e. The first-order valence-corrected chi connectivity index (χ1v) is 7.17. The Kier molecular flexibility index (Phi) is 4.59. The lowest BCUT2D eigenvalue weighted by atomic mass is 9.98. The molecule has 0 unspecified atom stereocenters. The lowest BCUT2D eigenvalue weighted by Crippen LogP contribution is -2.48. The fraction of sp³-hybridized carbons (Fsp3) is 0.562. The summed E-state index contributed by atoms with van der Waals surface area (Å²) in [7, 11) is 0. The van der Waals surface area contributed by atoms with Crippen LogP contribution >= 0.6 is 0 Å². The van der Waals surface area contributed by atoms with Crippen LogP contribution in [0.25, 0.3) is 0 Å². The molecule has 1 aliphatic heterocycles. The number of benzene rings is 1. The molecule has 1 amide bonds. The Bertz CT molecular complexity index is 444. The molecule has 1 aromatic rings. The van der Waals surface area contributed by atoms with E-state index < -0.39 is 0 Å². The monoisotopic (exact) mass is 260 g/mol. The van der Waals surface area contributed by atoms with Gasteiger partial charge in [-0.2, -0.15) is 0 Å². The second-order valence-electron chi connectivity index (χ2n) is 5.71. The molecule has 3 heteroatoms. The van der Waals surface area contributed by atoms with Crippen molar-refractivity contribution in [2.45, 2.75) is 51.6 Å². The van der Waals surface area contributed by atoms with E-state index in [1.165, 1.54) is 11.1 Å². The maximum atomic E-state index is 12.3. The number of amides is 1. The smallest absolute Gasteiger partial charge is 0.223 e. The van der Waals surface area contributed by atoms with Gasteiger partial charge in [-0.3, -0.25) is 4.79 Å². The minimum absolute atomic E-state index is 0.260. The molecule has 104 valence electrons. The van der Waals surface area contributed by atoms with Crippen LogP contribution in [0.2, 0.25) is 0 Å². The molecule has 1 fully saturated rings. The zero-order valence-electron chi connectivity index (χ0n) is 11.9. The molecule has 0 radical (unpaired) electrons. The highest BCUT2D eigenvalue weighted by Gasteiger charge is 2.26. The third kappa shape index (κ3) is 3.80. The summed E-state index contributed by atoms with van der Waals surface area (Å²) < 4.78 is 0. The van der Waals surface area contributed by atoms with Crippen molar-refractivity contribution >= 4 is 5.91 Å². The molecular formula is C16H24N2O. The Hall–Kier alpha value is -1.35. The van der Waals surface area contributed by atoms with Gasteiger partial charge in [0.2, 0.25) is 5.91 Å². The predicted octanol–water partition coefficient (Wildman–Crippen LogP) is 2.27. The highest BCUT2D eigenvalue weighted by molar-refractivity contribution is 5.76. The standard InChI is InChI=1S/C16H24N2O/c1-12-4-3-5-14(10-12)6-7-16(19)18-9-8-15(17)11-13(18)2/h3-5,10,13,15H,6-9,11,17H2,1-2H3/t13-,15+/m0/s1. The van der Waals surface area contributed by atoms with Gasteiger partial charge < -0.3 is 10.6 Å². The SMILES string of the molecule is Cc1cccc(CCC(=O)N2CC[C@@H](N)C[C@@H]2C)c1. The number of nitrogens with zero attached hydrogens (tertiary/aromatic N) is 1. The van der Waals surface area contributed by atoms with Gasteiger partial charge in [-0.05, 0) is 38.7 Å². The van der Waals surface area contributed by atoms with Crippen LogP contribution in [0, 0.1) is 6.92 Å². The summed E-state index contributed by atoms with van der Waals surface area (Å²) >= 11 is 0. The number of hydrogen-bond acceptors (Lipinski definition) is 2. The minimum atomic E-state index is 0.260. The van der Waals surface area contributed by atoms with Crippen molar-refractivity contribution in [2.24, 2.45) is 5.73 Å². The van der Waals surface area contributed by atoms with Crippen LogP contribution in [-0.4, -0.2) is 29.4 Å². The number of aryl methyl sites for hydroxylation is 2. The van der Waals surface area contributed by atoms with Crippen LogP contribution in [0.15, 0.2) is 24.3 Å². The van der Waals surface area contributed by atoms with Crippen LogP contribution in [0.4, 0.5) is 0 Å². The van der Waals surface area contributed by atoms with Crippen LogP contribution in [0.1, 0.15) is 37.3 Å². The van der Waals surface area contributed by atoms with Gasteiger partial charge in [0, 0.05) is 25.0 Å². The van der Waals surface area contributed by atoms with Crippen LogP contribution in [0.3, 0.4) is 0 Å². The third-order valence-electron chi connectivity index (χ3n) is 3.95. The van der Waals surface area contributed by atoms with E-state index in [-0.39, 0.29) is 18.0 Å². The van der Waals surface area contributed by atoms with E-state index in [0.717, 1.165) is 25.8 Å². The first-order chi connectivity index (χ1) is 9.06. The minimum Gasteiger partial charge on any atom is -0.340 e. The lowest BCUT2D eigenvalue weighted by Gasteiger charge is -2.36. The van der Waals surface area contributed by atoms with Crippen molar-refractivity contribution < 1.29 is 4.79 Å². The van der Waals surface area contributed by atoms with Gasteiger partial charge in [-0.25, -0.2) is 0 Å². The van der Waals surface area contributed by atoms with Crippen molar-refractivity contribution in [1.82, 2.24) is 4.90 Å². The number of carbonyl (C=O) groups is 1. The van der Waals surface area contributed by atoms with Gasteiger partial charge in [0.1, 0.15) is 0 Å². The Morgan fingerprint density at radius 2 is 2.26 bits per heavy atom.